The van der Waals surface area contributed by atoms with E-state index in [9.17, 15) is 14.7 Å². The van der Waals surface area contributed by atoms with Crippen LogP contribution >= 0.6 is 23.2 Å². The summed E-state index contributed by atoms with van der Waals surface area (Å²) in [7, 11) is 0. The van der Waals surface area contributed by atoms with E-state index in [1.165, 1.54) is 17.0 Å². The van der Waals surface area contributed by atoms with Crippen LogP contribution in [0.5, 0.6) is 0 Å². The molecule has 4 nitrogen and oxygen atoms in total. The lowest BCUT2D eigenvalue weighted by atomic mass is 9.90. The summed E-state index contributed by atoms with van der Waals surface area (Å²) in [5.74, 6) is -1.41. The third kappa shape index (κ3) is 2.91. The molecule has 2 unspecified atom stereocenters. The molecule has 2 atom stereocenters. The molecule has 1 aliphatic rings. The van der Waals surface area contributed by atoms with E-state index in [2.05, 4.69) is 0 Å². The Hall–Kier alpha value is -1.26. The smallest absolute Gasteiger partial charge is 0.326 e. The molecule has 20 heavy (non-hydrogen) atoms. The molecule has 0 spiro atoms. The number of halogens is 2. The predicted molar refractivity (Wildman–Crippen MR) is 77.3 cm³/mol. The van der Waals surface area contributed by atoms with Crippen molar-refractivity contribution < 1.29 is 14.7 Å². The molecule has 1 N–H and O–H groups in total. The zero-order valence-electron chi connectivity index (χ0n) is 11.0. The summed E-state index contributed by atoms with van der Waals surface area (Å²) in [6.45, 7) is 2.28. The molecule has 1 amide bonds. The van der Waals surface area contributed by atoms with Crippen molar-refractivity contribution in [2.45, 2.75) is 25.8 Å². The van der Waals surface area contributed by atoms with Crippen LogP contribution in [0.4, 0.5) is 0 Å². The fraction of sp³-hybridized carbons (Fsp3) is 0.429. The topological polar surface area (TPSA) is 57.6 Å². The standard InChI is InChI=1S/C14H15Cl2NO3/c1-8-3-2-6-17(12(8)14(19)20)13(18)10-5-4-9(15)7-11(10)16/h4-5,7-8,12H,2-3,6H2,1H3,(H,19,20). The Morgan fingerprint density at radius 1 is 1.35 bits per heavy atom. The van der Waals surface area contributed by atoms with Crippen LogP contribution in [-0.4, -0.2) is 34.5 Å². The first kappa shape index (κ1) is 15.1. The van der Waals surface area contributed by atoms with Crippen LogP contribution < -0.4 is 0 Å². The summed E-state index contributed by atoms with van der Waals surface area (Å²) in [4.78, 5) is 25.3. The molecule has 1 heterocycles. The number of amides is 1. The molecule has 0 saturated carbocycles. The van der Waals surface area contributed by atoms with Crippen molar-refractivity contribution in [3.63, 3.8) is 0 Å². The van der Waals surface area contributed by atoms with Gasteiger partial charge in [0.25, 0.3) is 5.91 Å². The van der Waals surface area contributed by atoms with Gasteiger partial charge < -0.3 is 10.0 Å². The van der Waals surface area contributed by atoms with Crippen LogP contribution in [0.25, 0.3) is 0 Å². The second-order valence-corrected chi connectivity index (χ2v) is 5.87. The second-order valence-electron chi connectivity index (χ2n) is 5.03. The summed E-state index contributed by atoms with van der Waals surface area (Å²) in [6, 6.07) is 3.79. The molecular formula is C14H15Cl2NO3. The minimum atomic E-state index is -0.976. The molecular weight excluding hydrogens is 301 g/mol. The number of nitrogens with zero attached hydrogens (tertiary/aromatic N) is 1. The van der Waals surface area contributed by atoms with Crippen molar-refractivity contribution in [1.29, 1.82) is 0 Å². The maximum absolute atomic E-state index is 12.5. The zero-order valence-corrected chi connectivity index (χ0v) is 12.5. The Labute approximate surface area is 127 Å². The number of rotatable bonds is 2. The number of hydrogen-bond donors (Lipinski definition) is 1. The van der Waals surface area contributed by atoms with E-state index in [-0.39, 0.29) is 22.4 Å². The molecule has 108 valence electrons. The molecule has 1 aromatic carbocycles. The van der Waals surface area contributed by atoms with Crippen LogP contribution in [0.15, 0.2) is 18.2 Å². The molecule has 1 fully saturated rings. The van der Waals surface area contributed by atoms with Gasteiger partial charge in [0.15, 0.2) is 0 Å². The SMILES string of the molecule is CC1CCCN(C(=O)c2ccc(Cl)cc2Cl)C1C(=O)O. The maximum atomic E-state index is 12.5. The van der Waals surface area contributed by atoms with Gasteiger partial charge in [-0.25, -0.2) is 4.79 Å². The fourth-order valence-corrected chi connectivity index (χ4v) is 3.10. The van der Waals surface area contributed by atoms with Crippen molar-refractivity contribution in [3.05, 3.63) is 33.8 Å². The first-order chi connectivity index (χ1) is 9.41. The molecule has 0 aliphatic carbocycles. The third-order valence-electron chi connectivity index (χ3n) is 3.61. The van der Waals surface area contributed by atoms with Gasteiger partial charge >= 0.3 is 5.97 Å². The van der Waals surface area contributed by atoms with Gasteiger partial charge in [-0.15, -0.1) is 0 Å². The largest absolute Gasteiger partial charge is 0.480 e. The molecule has 1 saturated heterocycles. The highest BCUT2D eigenvalue weighted by Gasteiger charge is 2.37. The van der Waals surface area contributed by atoms with Gasteiger partial charge in [-0.3, -0.25) is 4.79 Å². The highest BCUT2D eigenvalue weighted by Crippen LogP contribution is 2.28. The number of aliphatic carboxylic acids is 1. The molecule has 0 aromatic heterocycles. The van der Waals surface area contributed by atoms with Gasteiger partial charge in [0.2, 0.25) is 0 Å². The van der Waals surface area contributed by atoms with E-state index >= 15 is 0 Å². The van der Waals surface area contributed by atoms with Crippen molar-refractivity contribution in [3.8, 4) is 0 Å². The number of carbonyl (C=O) groups is 2. The summed E-state index contributed by atoms with van der Waals surface area (Å²) in [5, 5.41) is 10.0. The van der Waals surface area contributed by atoms with E-state index in [1.807, 2.05) is 6.92 Å². The Bertz CT molecular complexity index is 547. The van der Waals surface area contributed by atoms with E-state index in [1.54, 1.807) is 6.07 Å². The number of carboxylic acid groups (broad SMARTS) is 1. The van der Waals surface area contributed by atoms with Gasteiger partial charge in [-0.1, -0.05) is 30.1 Å². The Kier molecular flexibility index (Phi) is 4.55. The maximum Gasteiger partial charge on any atom is 0.326 e. The lowest BCUT2D eigenvalue weighted by Crippen LogP contribution is -2.52. The van der Waals surface area contributed by atoms with Gasteiger partial charge in [-0.05, 0) is 37.0 Å². The summed E-state index contributed by atoms with van der Waals surface area (Å²) in [6.07, 6.45) is 1.59. The predicted octanol–water partition coefficient (Wildman–Crippen LogP) is 3.32. The van der Waals surface area contributed by atoms with Crippen LogP contribution in [-0.2, 0) is 4.79 Å². The summed E-state index contributed by atoms with van der Waals surface area (Å²) >= 11 is 11.8. The van der Waals surface area contributed by atoms with Gasteiger partial charge in [-0.2, -0.15) is 0 Å². The van der Waals surface area contributed by atoms with Crippen molar-refractivity contribution in [2.24, 2.45) is 5.92 Å². The minimum Gasteiger partial charge on any atom is -0.480 e. The van der Waals surface area contributed by atoms with Crippen LogP contribution in [0.1, 0.15) is 30.1 Å². The molecule has 2 rings (SSSR count). The summed E-state index contributed by atoms with van der Waals surface area (Å²) < 4.78 is 0. The molecule has 0 bridgehead atoms. The normalized spacial score (nSPS) is 22.6. The number of benzene rings is 1. The van der Waals surface area contributed by atoms with Crippen LogP contribution in [0.2, 0.25) is 10.0 Å². The lowest BCUT2D eigenvalue weighted by molar-refractivity contribution is -0.145. The van der Waals surface area contributed by atoms with Crippen molar-refractivity contribution in [2.75, 3.05) is 6.54 Å². The monoisotopic (exact) mass is 315 g/mol. The van der Waals surface area contributed by atoms with Crippen molar-refractivity contribution in [1.82, 2.24) is 4.90 Å². The molecule has 1 aliphatic heterocycles. The lowest BCUT2D eigenvalue weighted by Gasteiger charge is -2.37. The number of carbonyl (C=O) groups excluding carboxylic acids is 1. The Morgan fingerprint density at radius 2 is 2.05 bits per heavy atom. The highest BCUT2D eigenvalue weighted by molar-refractivity contribution is 6.36. The first-order valence-corrected chi connectivity index (χ1v) is 7.16. The quantitative estimate of drug-likeness (QED) is 0.910. The average Bonchev–Trinajstić information content (AvgIpc) is 2.37. The van der Waals surface area contributed by atoms with Gasteiger partial charge in [0.05, 0.1) is 10.6 Å². The Morgan fingerprint density at radius 3 is 2.65 bits per heavy atom. The average molecular weight is 316 g/mol. The number of carboxylic acids is 1. The first-order valence-electron chi connectivity index (χ1n) is 6.40. The van der Waals surface area contributed by atoms with E-state index in [4.69, 9.17) is 23.2 Å². The van der Waals surface area contributed by atoms with Crippen LogP contribution in [0, 0.1) is 5.92 Å². The number of piperidine rings is 1. The number of hydrogen-bond acceptors (Lipinski definition) is 2. The fourth-order valence-electron chi connectivity index (χ4n) is 2.61. The minimum absolute atomic E-state index is 0.0729. The highest BCUT2D eigenvalue weighted by atomic mass is 35.5. The molecule has 0 radical (unpaired) electrons. The van der Waals surface area contributed by atoms with Gasteiger partial charge in [0, 0.05) is 11.6 Å². The van der Waals surface area contributed by atoms with Crippen LogP contribution in [0.3, 0.4) is 0 Å². The summed E-state index contributed by atoms with van der Waals surface area (Å²) in [5.41, 5.74) is 0.288. The van der Waals surface area contributed by atoms with E-state index in [0.717, 1.165) is 12.8 Å². The van der Waals surface area contributed by atoms with Gasteiger partial charge in [0.1, 0.15) is 6.04 Å². The second kappa shape index (κ2) is 6.02. The van der Waals surface area contributed by atoms with E-state index in [0.29, 0.717) is 11.6 Å². The zero-order chi connectivity index (χ0) is 14.9. The molecule has 6 heteroatoms. The van der Waals surface area contributed by atoms with Crippen molar-refractivity contribution >= 4 is 35.1 Å². The Balaban J connectivity index is 2.33. The van der Waals surface area contributed by atoms with E-state index < -0.39 is 12.0 Å². The molecule has 1 aromatic rings. The third-order valence-corrected chi connectivity index (χ3v) is 4.16. The number of likely N-dealkylation sites (tertiary alicyclic amines) is 1.